The Hall–Kier alpha value is -1.72. The van der Waals surface area contributed by atoms with Gasteiger partial charge in [0.2, 0.25) is 11.7 Å². The molecule has 0 amide bonds. The third-order valence-electron chi connectivity index (χ3n) is 3.60. The number of hydrogen-bond donors (Lipinski definition) is 0. The maximum Gasteiger partial charge on any atom is 0.241 e. The van der Waals surface area contributed by atoms with Crippen molar-refractivity contribution in [1.82, 2.24) is 15.0 Å². The van der Waals surface area contributed by atoms with Crippen LogP contribution in [0.1, 0.15) is 25.3 Å². The summed E-state index contributed by atoms with van der Waals surface area (Å²) in [6.07, 6.45) is 0.487. The minimum Gasteiger partial charge on any atom is -0.373 e. The molecule has 5 heteroatoms. The van der Waals surface area contributed by atoms with Crippen LogP contribution in [0.2, 0.25) is 0 Å². The Bertz CT molecular complexity index is 601. The number of rotatable bonds is 3. The van der Waals surface area contributed by atoms with Gasteiger partial charge in [-0.2, -0.15) is 4.98 Å². The Morgan fingerprint density at radius 3 is 2.71 bits per heavy atom. The lowest BCUT2D eigenvalue weighted by Crippen LogP contribution is -2.44. The average molecular weight is 287 g/mol. The van der Waals surface area contributed by atoms with Gasteiger partial charge in [0.05, 0.1) is 18.8 Å². The van der Waals surface area contributed by atoms with Crippen molar-refractivity contribution < 1.29 is 9.26 Å². The van der Waals surface area contributed by atoms with Crippen LogP contribution in [-0.4, -0.2) is 40.3 Å². The van der Waals surface area contributed by atoms with Gasteiger partial charge in [0.25, 0.3) is 0 Å². The van der Waals surface area contributed by atoms with Crippen LogP contribution < -0.4 is 0 Å². The van der Waals surface area contributed by atoms with E-state index < -0.39 is 0 Å². The van der Waals surface area contributed by atoms with Crippen molar-refractivity contribution in [3.8, 4) is 11.4 Å². The molecule has 21 heavy (non-hydrogen) atoms. The van der Waals surface area contributed by atoms with Crippen molar-refractivity contribution in [3.63, 3.8) is 0 Å². The molecule has 0 spiro atoms. The second-order valence-electron chi connectivity index (χ2n) is 5.83. The normalized spacial score (nSPS) is 23.4. The first-order chi connectivity index (χ1) is 10.1. The number of morpholine rings is 1. The van der Waals surface area contributed by atoms with Gasteiger partial charge < -0.3 is 9.26 Å². The summed E-state index contributed by atoms with van der Waals surface area (Å²) >= 11 is 0. The summed E-state index contributed by atoms with van der Waals surface area (Å²) in [5.74, 6) is 1.32. The van der Waals surface area contributed by atoms with Gasteiger partial charge in [0, 0.05) is 18.7 Å². The zero-order chi connectivity index (χ0) is 14.8. The maximum atomic E-state index is 5.73. The predicted molar refractivity (Wildman–Crippen MR) is 79.8 cm³/mol. The lowest BCUT2D eigenvalue weighted by atomic mass is 10.1. The van der Waals surface area contributed by atoms with Crippen LogP contribution in [0.15, 0.2) is 28.8 Å². The van der Waals surface area contributed by atoms with E-state index in [4.69, 9.17) is 9.26 Å². The number of aryl methyl sites for hydroxylation is 1. The quantitative estimate of drug-likeness (QED) is 0.868. The first kappa shape index (κ1) is 14.2. The number of benzene rings is 1. The SMILES string of the molecule is Cc1cccc(-c2noc(CN3C[C@H](C)O[C@@H](C)C3)n2)c1. The second-order valence-corrected chi connectivity index (χ2v) is 5.83. The van der Waals surface area contributed by atoms with Gasteiger partial charge in [0.15, 0.2) is 0 Å². The van der Waals surface area contributed by atoms with Crippen LogP contribution in [0.3, 0.4) is 0 Å². The fraction of sp³-hybridized carbons (Fsp3) is 0.500. The molecule has 0 bridgehead atoms. The summed E-state index contributed by atoms with van der Waals surface area (Å²) in [6, 6.07) is 8.13. The molecule has 1 aromatic carbocycles. The van der Waals surface area contributed by atoms with Gasteiger partial charge >= 0.3 is 0 Å². The molecule has 112 valence electrons. The molecule has 1 fully saturated rings. The molecule has 1 aromatic heterocycles. The maximum absolute atomic E-state index is 5.73. The Kier molecular flexibility index (Phi) is 4.03. The molecule has 0 radical (unpaired) electrons. The van der Waals surface area contributed by atoms with Crippen molar-refractivity contribution in [3.05, 3.63) is 35.7 Å². The van der Waals surface area contributed by atoms with Gasteiger partial charge in [0.1, 0.15) is 0 Å². The van der Waals surface area contributed by atoms with E-state index in [9.17, 15) is 0 Å². The van der Waals surface area contributed by atoms with Crippen LogP contribution in [0.5, 0.6) is 0 Å². The van der Waals surface area contributed by atoms with E-state index in [0.717, 1.165) is 18.7 Å². The number of hydrogen-bond acceptors (Lipinski definition) is 5. The van der Waals surface area contributed by atoms with Crippen LogP contribution in [0.4, 0.5) is 0 Å². The molecule has 1 aliphatic heterocycles. The van der Waals surface area contributed by atoms with Gasteiger partial charge in [-0.3, -0.25) is 4.90 Å². The molecule has 0 saturated carbocycles. The third kappa shape index (κ3) is 3.49. The first-order valence-electron chi connectivity index (χ1n) is 7.37. The van der Waals surface area contributed by atoms with Crippen LogP contribution >= 0.6 is 0 Å². The molecule has 0 N–H and O–H groups in total. The van der Waals surface area contributed by atoms with Crippen molar-refractivity contribution >= 4 is 0 Å². The van der Waals surface area contributed by atoms with Crippen LogP contribution in [0.25, 0.3) is 11.4 Å². The van der Waals surface area contributed by atoms with Crippen molar-refractivity contribution in [2.75, 3.05) is 13.1 Å². The summed E-state index contributed by atoms with van der Waals surface area (Å²) < 4.78 is 11.1. The van der Waals surface area contributed by atoms with Crippen molar-refractivity contribution in [2.45, 2.75) is 39.5 Å². The number of ether oxygens (including phenoxy) is 1. The van der Waals surface area contributed by atoms with Gasteiger partial charge in [-0.25, -0.2) is 0 Å². The summed E-state index contributed by atoms with van der Waals surface area (Å²) in [6.45, 7) is 8.71. The predicted octanol–water partition coefficient (Wildman–Crippen LogP) is 2.65. The van der Waals surface area contributed by atoms with Crippen LogP contribution in [0, 0.1) is 6.92 Å². The Morgan fingerprint density at radius 1 is 1.24 bits per heavy atom. The summed E-state index contributed by atoms with van der Waals surface area (Å²) in [7, 11) is 0. The highest BCUT2D eigenvalue weighted by molar-refractivity contribution is 5.55. The summed E-state index contributed by atoms with van der Waals surface area (Å²) in [5.41, 5.74) is 2.18. The number of nitrogens with zero attached hydrogens (tertiary/aromatic N) is 3. The molecule has 0 unspecified atom stereocenters. The van der Waals surface area contributed by atoms with E-state index >= 15 is 0 Å². The van der Waals surface area contributed by atoms with E-state index in [1.54, 1.807) is 0 Å². The molecule has 2 heterocycles. The monoisotopic (exact) mass is 287 g/mol. The zero-order valence-electron chi connectivity index (χ0n) is 12.7. The Balaban J connectivity index is 1.70. The van der Waals surface area contributed by atoms with Gasteiger partial charge in [-0.05, 0) is 26.8 Å². The lowest BCUT2D eigenvalue weighted by Gasteiger charge is -2.34. The Morgan fingerprint density at radius 2 is 2.00 bits per heavy atom. The molecule has 2 atom stereocenters. The van der Waals surface area contributed by atoms with E-state index in [0.29, 0.717) is 18.3 Å². The fourth-order valence-corrected chi connectivity index (χ4v) is 2.83. The highest BCUT2D eigenvalue weighted by Gasteiger charge is 2.23. The standard InChI is InChI=1S/C16H21N3O2/c1-11-5-4-6-14(7-11)16-17-15(21-18-16)10-19-8-12(2)20-13(3)9-19/h4-7,12-13H,8-10H2,1-3H3/t12-,13-/m0/s1. The van der Waals surface area contributed by atoms with Crippen molar-refractivity contribution in [2.24, 2.45) is 0 Å². The van der Waals surface area contributed by atoms with E-state index in [1.807, 2.05) is 12.1 Å². The highest BCUT2D eigenvalue weighted by Crippen LogP contribution is 2.18. The molecule has 0 aliphatic carbocycles. The summed E-state index contributed by atoms with van der Waals surface area (Å²) in [4.78, 5) is 6.80. The lowest BCUT2D eigenvalue weighted by molar-refractivity contribution is -0.0725. The fourth-order valence-electron chi connectivity index (χ4n) is 2.83. The molecule has 2 aromatic rings. The minimum absolute atomic E-state index is 0.243. The van der Waals surface area contributed by atoms with Crippen LogP contribution in [-0.2, 0) is 11.3 Å². The smallest absolute Gasteiger partial charge is 0.241 e. The molecule has 5 nitrogen and oxygen atoms in total. The molecular formula is C16H21N3O2. The largest absolute Gasteiger partial charge is 0.373 e. The average Bonchev–Trinajstić information content (AvgIpc) is 2.86. The summed E-state index contributed by atoms with van der Waals surface area (Å²) in [5, 5.41) is 4.09. The highest BCUT2D eigenvalue weighted by atomic mass is 16.5. The minimum atomic E-state index is 0.243. The van der Waals surface area contributed by atoms with Gasteiger partial charge in [-0.1, -0.05) is 28.9 Å². The van der Waals surface area contributed by atoms with E-state index in [2.05, 4.69) is 47.9 Å². The first-order valence-corrected chi connectivity index (χ1v) is 7.37. The second kappa shape index (κ2) is 5.95. The molecule has 3 rings (SSSR count). The van der Waals surface area contributed by atoms with E-state index in [-0.39, 0.29) is 12.2 Å². The topological polar surface area (TPSA) is 51.4 Å². The van der Waals surface area contributed by atoms with E-state index in [1.165, 1.54) is 5.56 Å². The van der Waals surface area contributed by atoms with Crippen molar-refractivity contribution in [1.29, 1.82) is 0 Å². The molecule has 1 aliphatic rings. The number of aromatic nitrogens is 2. The molecule has 1 saturated heterocycles. The van der Waals surface area contributed by atoms with Gasteiger partial charge in [-0.15, -0.1) is 0 Å². The zero-order valence-corrected chi connectivity index (χ0v) is 12.7. The third-order valence-corrected chi connectivity index (χ3v) is 3.60. The Labute approximate surface area is 124 Å². The molecular weight excluding hydrogens is 266 g/mol.